The Hall–Kier alpha value is -1.51. The summed E-state index contributed by atoms with van der Waals surface area (Å²) in [5.74, 6) is -0.249. The van der Waals surface area contributed by atoms with Crippen LogP contribution in [0.4, 0.5) is 13.2 Å². The van der Waals surface area contributed by atoms with E-state index in [2.05, 4.69) is 0 Å². The van der Waals surface area contributed by atoms with Crippen LogP contribution < -0.4 is 0 Å². The Bertz CT molecular complexity index is 874. The molecule has 30 heavy (non-hydrogen) atoms. The summed E-state index contributed by atoms with van der Waals surface area (Å²) in [5, 5.41) is 31.4. The molecule has 2 aromatic rings. The molecule has 0 aliphatic carbocycles. The van der Waals surface area contributed by atoms with Crippen molar-refractivity contribution < 1.29 is 28.5 Å². The third-order valence-corrected chi connectivity index (χ3v) is 6.36. The number of alkyl halides is 3. The van der Waals surface area contributed by atoms with Gasteiger partial charge in [0.15, 0.2) is 5.75 Å². The summed E-state index contributed by atoms with van der Waals surface area (Å²) in [4.78, 5) is 1.98. The highest BCUT2D eigenvalue weighted by Crippen LogP contribution is 2.39. The predicted molar refractivity (Wildman–Crippen MR) is 109 cm³/mol. The van der Waals surface area contributed by atoms with Gasteiger partial charge in [-0.25, -0.2) is 0 Å². The van der Waals surface area contributed by atoms with Gasteiger partial charge in [-0.15, -0.1) is 0 Å². The topological polar surface area (TPSA) is 63.9 Å². The average Bonchev–Trinajstić information content (AvgIpc) is 2.70. The van der Waals surface area contributed by atoms with E-state index in [-0.39, 0.29) is 21.8 Å². The Labute approximate surface area is 182 Å². The van der Waals surface area contributed by atoms with Crippen molar-refractivity contribution in [3.05, 3.63) is 63.1 Å². The van der Waals surface area contributed by atoms with E-state index in [0.717, 1.165) is 12.1 Å². The van der Waals surface area contributed by atoms with Crippen LogP contribution >= 0.6 is 23.2 Å². The van der Waals surface area contributed by atoms with Crippen molar-refractivity contribution in [2.45, 2.75) is 43.7 Å². The minimum Gasteiger partial charge on any atom is -0.505 e. The maximum absolute atomic E-state index is 12.8. The van der Waals surface area contributed by atoms with Gasteiger partial charge in [0.1, 0.15) is 0 Å². The first-order valence-electron chi connectivity index (χ1n) is 9.42. The molecule has 9 heteroatoms. The molecule has 0 spiro atoms. The quantitative estimate of drug-likeness (QED) is 0.588. The normalized spacial score (nSPS) is 19.5. The minimum atomic E-state index is -4.42. The molecule has 1 unspecified atom stereocenters. The summed E-state index contributed by atoms with van der Waals surface area (Å²) in [7, 11) is 0. The van der Waals surface area contributed by atoms with E-state index in [4.69, 9.17) is 23.2 Å². The van der Waals surface area contributed by atoms with Gasteiger partial charge in [-0.3, -0.25) is 4.90 Å². The number of phenols is 1. The van der Waals surface area contributed by atoms with Gasteiger partial charge in [-0.1, -0.05) is 35.3 Å². The average molecular weight is 464 g/mol. The second kappa shape index (κ2) is 8.55. The molecule has 3 N–H and O–H groups in total. The first-order chi connectivity index (χ1) is 13.9. The number of hydrogen-bond acceptors (Lipinski definition) is 4. The summed E-state index contributed by atoms with van der Waals surface area (Å²) < 4.78 is 38.3. The van der Waals surface area contributed by atoms with E-state index < -0.39 is 23.4 Å². The zero-order valence-corrected chi connectivity index (χ0v) is 17.6. The number of aromatic hydroxyl groups is 1. The molecule has 0 saturated carbocycles. The van der Waals surface area contributed by atoms with Gasteiger partial charge in [0, 0.05) is 19.1 Å². The Morgan fingerprint density at radius 2 is 1.53 bits per heavy atom. The highest BCUT2D eigenvalue weighted by atomic mass is 35.5. The molecular weight excluding hydrogens is 442 g/mol. The molecule has 4 nitrogen and oxygen atoms in total. The van der Waals surface area contributed by atoms with Gasteiger partial charge in [0.25, 0.3) is 0 Å². The van der Waals surface area contributed by atoms with E-state index >= 15 is 0 Å². The number of likely N-dealkylation sites (tertiary alicyclic amines) is 1. The van der Waals surface area contributed by atoms with Crippen LogP contribution in [0.1, 0.15) is 42.6 Å². The maximum atomic E-state index is 12.8. The van der Waals surface area contributed by atoms with Crippen LogP contribution in [0.5, 0.6) is 5.75 Å². The monoisotopic (exact) mass is 463 g/mol. The summed E-state index contributed by atoms with van der Waals surface area (Å²) in [6.45, 7) is 2.70. The highest BCUT2D eigenvalue weighted by Gasteiger charge is 2.38. The zero-order valence-electron chi connectivity index (χ0n) is 16.1. The third kappa shape index (κ3) is 4.70. The predicted octanol–water partition coefficient (Wildman–Crippen LogP) is 5.12. The lowest BCUT2D eigenvalue weighted by atomic mass is 9.83. The lowest BCUT2D eigenvalue weighted by Gasteiger charge is -2.42. The van der Waals surface area contributed by atoms with Crippen LogP contribution in [0.2, 0.25) is 10.0 Å². The summed E-state index contributed by atoms with van der Waals surface area (Å²) in [6.07, 6.45) is -4.73. The van der Waals surface area contributed by atoms with Crippen molar-refractivity contribution in [2.24, 2.45) is 0 Å². The first kappa shape index (κ1) is 23.2. The fourth-order valence-electron chi connectivity index (χ4n) is 3.79. The molecule has 1 aliphatic rings. The zero-order chi connectivity index (χ0) is 22.3. The number of rotatable bonds is 4. The third-order valence-electron chi connectivity index (χ3n) is 5.79. The van der Waals surface area contributed by atoms with Gasteiger partial charge in [-0.05, 0) is 55.2 Å². The van der Waals surface area contributed by atoms with Crippen LogP contribution in [0, 0.1) is 0 Å². The molecule has 1 heterocycles. The van der Waals surface area contributed by atoms with Gasteiger partial charge >= 0.3 is 6.18 Å². The second-order valence-corrected chi connectivity index (χ2v) is 8.48. The van der Waals surface area contributed by atoms with Gasteiger partial charge in [0.2, 0.25) is 0 Å². The van der Waals surface area contributed by atoms with Gasteiger partial charge in [-0.2, -0.15) is 13.2 Å². The summed E-state index contributed by atoms with van der Waals surface area (Å²) >= 11 is 11.9. The highest BCUT2D eigenvalue weighted by molar-refractivity contribution is 6.37. The van der Waals surface area contributed by atoms with Crippen LogP contribution in [0.3, 0.4) is 0 Å². The van der Waals surface area contributed by atoms with E-state index in [0.29, 0.717) is 37.1 Å². The molecule has 1 saturated heterocycles. The molecule has 2 aromatic carbocycles. The fourth-order valence-corrected chi connectivity index (χ4v) is 4.30. The van der Waals surface area contributed by atoms with Crippen LogP contribution in [0.15, 0.2) is 36.4 Å². The Kier molecular flexibility index (Phi) is 6.60. The number of benzene rings is 2. The molecule has 1 aliphatic heterocycles. The van der Waals surface area contributed by atoms with Gasteiger partial charge in [0.05, 0.1) is 27.3 Å². The largest absolute Gasteiger partial charge is 0.505 e. The van der Waals surface area contributed by atoms with Crippen LogP contribution in [0.25, 0.3) is 0 Å². The van der Waals surface area contributed by atoms with Crippen molar-refractivity contribution in [1.29, 1.82) is 0 Å². The number of piperidine rings is 1. The van der Waals surface area contributed by atoms with E-state index in [1.165, 1.54) is 24.3 Å². The smallest absolute Gasteiger partial charge is 0.416 e. The number of halogens is 5. The second-order valence-electron chi connectivity index (χ2n) is 7.66. The number of nitrogens with zero attached hydrogens (tertiary/aromatic N) is 1. The van der Waals surface area contributed by atoms with Crippen molar-refractivity contribution in [3.63, 3.8) is 0 Å². The molecular formula is C21H22Cl2F3NO3. The molecule has 0 bridgehead atoms. The van der Waals surface area contributed by atoms with Crippen molar-refractivity contribution in [2.75, 3.05) is 13.1 Å². The van der Waals surface area contributed by atoms with E-state index in [1.54, 1.807) is 0 Å². The van der Waals surface area contributed by atoms with Crippen LogP contribution in [-0.4, -0.2) is 39.4 Å². The van der Waals surface area contributed by atoms with E-state index in [9.17, 15) is 28.5 Å². The first-order valence-corrected chi connectivity index (χ1v) is 10.2. The number of phenolic OH excluding ortho intramolecular Hbond substituents is 1. The van der Waals surface area contributed by atoms with E-state index in [1.807, 2.05) is 11.8 Å². The van der Waals surface area contributed by atoms with Gasteiger partial charge < -0.3 is 15.3 Å². The minimum absolute atomic E-state index is 0.0408. The molecule has 0 amide bonds. The van der Waals surface area contributed by atoms with Crippen molar-refractivity contribution in [3.8, 4) is 5.75 Å². The number of aliphatic hydroxyl groups is 2. The molecule has 2 atom stereocenters. The number of aliphatic hydroxyl groups excluding tert-OH is 1. The Balaban J connectivity index is 1.68. The van der Waals surface area contributed by atoms with Crippen molar-refractivity contribution >= 4 is 23.2 Å². The number of hydrogen-bond donors (Lipinski definition) is 3. The SMILES string of the molecule is C[C@H](C(O)c1cc(Cl)c(O)c(Cl)c1)N1CCC(O)(c2ccc(C(F)(F)F)cc2)CC1. The lowest BCUT2D eigenvalue weighted by molar-refractivity contribution is -0.137. The molecule has 1 fully saturated rings. The Morgan fingerprint density at radius 3 is 2.00 bits per heavy atom. The summed E-state index contributed by atoms with van der Waals surface area (Å²) in [5.41, 5.74) is -1.08. The standard InChI is InChI=1S/C21H22Cl2F3NO3/c1-12(18(28)13-10-16(22)19(29)17(23)11-13)27-8-6-20(30,7-9-27)14-2-4-15(5-3-14)21(24,25)26/h2-5,10-12,18,28-30H,6-9H2,1H3/t12-,18?/m1/s1. The van der Waals surface area contributed by atoms with Crippen LogP contribution in [-0.2, 0) is 11.8 Å². The Morgan fingerprint density at radius 1 is 1.03 bits per heavy atom. The van der Waals surface area contributed by atoms with Crippen molar-refractivity contribution in [1.82, 2.24) is 4.90 Å². The molecule has 164 valence electrons. The maximum Gasteiger partial charge on any atom is 0.416 e. The molecule has 0 aromatic heterocycles. The molecule has 3 rings (SSSR count). The summed E-state index contributed by atoms with van der Waals surface area (Å²) in [6, 6.07) is 7.15. The fraction of sp³-hybridized carbons (Fsp3) is 0.429. The lowest BCUT2D eigenvalue weighted by Crippen LogP contribution is -2.47. The molecule has 0 radical (unpaired) electrons.